The van der Waals surface area contributed by atoms with Crippen LogP contribution in [-0.2, 0) is 13.0 Å². The molecule has 29 heavy (non-hydrogen) atoms. The van der Waals surface area contributed by atoms with E-state index >= 15 is 0 Å². The third-order valence-corrected chi connectivity index (χ3v) is 4.80. The van der Waals surface area contributed by atoms with Crippen LogP contribution in [0.2, 0.25) is 0 Å². The molecule has 0 aliphatic rings. The van der Waals surface area contributed by atoms with Gasteiger partial charge in [0.05, 0.1) is 6.07 Å². The monoisotopic (exact) mass is 393 g/mol. The van der Waals surface area contributed by atoms with Crippen LogP contribution in [0.5, 0.6) is 0 Å². The number of allylic oxidation sites excluding steroid dienone is 1. The molecule has 0 bridgehead atoms. The molecule has 6 heteroatoms. The summed E-state index contributed by atoms with van der Waals surface area (Å²) in [6, 6.07) is 7.34. The number of aromatic amines is 1. The molecule has 1 aromatic heterocycles. The van der Waals surface area contributed by atoms with E-state index in [0.29, 0.717) is 24.1 Å². The first-order chi connectivity index (χ1) is 13.8. The van der Waals surface area contributed by atoms with Crippen LogP contribution >= 0.6 is 0 Å². The number of rotatable bonds is 8. The average molecular weight is 393 g/mol. The van der Waals surface area contributed by atoms with Gasteiger partial charge in [0.1, 0.15) is 5.69 Å². The zero-order valence-electron chi connectivity index (χ0n) is 17.4. The van der Waals surface area contributed by atoms with Gasteiger partial charge in [-0.2, -0.15) is 5.26 Å². The van der Waals surface area contributed by atoms with Gasteiger partial charge in [0.15, 0.2) is 0 Å². The summed E-state index contributed by atoms with van der Waals surface area (Å²) < 4.78 is 1.39. The van der Waals surface area contributed by atoms with E-state index in [2.05, 4.69) is 4.98 Å². The van der Waals surface area contributed by atoms with Gasteiger partial charge in [0.25, 0.3) is 5.56 Å². The highest BCUT2D eigenvalue weighted by Gasteiger charge is 2.24. The van der Waals surface area contributed by atoms with E-state index in [-0.39, 0.29) is 17.4 Å². The zero-order chi connectivity index (χ0) is 21.6. The Kier molecular flexibility index (Phi) is 7.49. The van der Waals surface area contributed by atoms with Crippen molar-refractivity contribution in [3.8, 4) is 6.07 Å². The predicted molar refractivity (Wildman–Crippen MR) is 114 cm³/mol. The first-order valence-corrected chi connectivity index (χ1v) is 9.95. The predicted octanol–water partition coefficient (Wildman–Crippen LogP) is 3.79. The third-order valence-electron chi connectivity index (χ3n) is 4.80. The summed E-state index contributed by atoms with van der Waals surface area (Å²) in [4.78, 5) is 41.0. The second kappa shape index (κ2) is 9.83. The highest BCUT2D eigenvalue weighted by molar-refractivity contribution is 6.09. The first-order valence-electron chi connectivity index (χ1n) is 9.95. The van der Waals surface area contributed by atoms with Gasteiger partial charge < -0.3 is 0 Å². The number of aryl methyl sites for hydroxylation is 1. The van der Waals surface area contributed by atoms with E-state index in [1.165, 1.54) is 10.6 Å². The van der Waals surface area contributed by atoms with Gasteiger partial charge in [-0.05, 0) is 48.1 Å². The van der Waals surface area contributed by atoms with Gasteiger partial charge in [-0.3, -0.25) is 19.1 Å². The molecule has 2 aromatic rings. The lowest BCUT2D eigenvalue weighted by Gasteiger charge is -2.17. The number of ketones is 1. The number of carbonyl (C=O) groups is 1. The second-order valence-electron chi connectivity index (χ2n) is 7.29. The smallest absolute Gasteiger partial charge is 0.290 e. The molecule has 0 fully saturated rings. The fourth-order valence-corrected chi connectivity index (χ4v) is 3.32. The lowest BCUT2D eigenvalue weighted by atomic mass is 9.94. The molecule has 0 unspecified atom stereocenters. The van der Waals surface area contributed by atoms with Gasteiger partial charge in [0.2, 0.25) is 5.78 Å². The molecule has 0 saturated heterocycles. The van der Waals surface area contributed by atoms with Gasteiger partial charge in [-0.1, -0.05) is 40.2 Å². The van der Waals surface area contributed by atoms with Crippen LogP contribution in [0.3, 0.4) is 0 Å². The number of benzene rings is 1. The molecule has 1 aromatic carbocycles. The molecule has 1 N–H and O–H groups in total. The number of hydrogen-bond donors (Lipinski definition) is 1. The molecule has 0 spiro atoms. The summed E-state index contributed by atoms with van der Waals surface area (Å²) in [7, 11) is 0. The Labute approximate surface area is 170 Å². The van der Waals surface area contributed by atoms with E-state index in [1.807, 2.05) is 39.8 Å². The highest BCUT2D eigenvalue weighted by atomic mass is 16.2. The standard InChI is InChI=1S/C23H27N3O3/c1-5-7-11-26-20(19(15(3)4)22(28)25-23(26)29)21(27)18-13-16(6-2)12-17(14-18)9-8-10-24/h8-9,12-15H,5-7,11H2,1-4H3,(H,25,28,29)/b9-8+. The molecule has 1 heterocycles. The largest absolute Gasteiger partial charge is 0.328 e. The average Bonchev–Trinajstić information content (AvgIpc) is 2.69. The number of hydrogen-bond acceptors (Lipinski definition) is 4. The van der Waals surface area contributed by atoms with Crippen molar-refractivity contribution in [1.82, 2.24) is 9.55 Å². The summed E-state index contributed by atoms with van der Waals surface area (Å²) in [6.45, 7) is 8.01. The van der Waals surface area contributed by atoms with E-state index < -0.39 is 11.2 Å². The number of H-pyrrole nitrogens is 1. The van der Waals surface area contributed by atoms with Crippen LogP contribution in [0.25, 0.3) is 6.08 Å². The van der Waals surface area contributed by atoms with Crippen LogP contribution < -0.4 is 11.2 Å². The molecule has 0 amide bonds. The SMILES string of the molecule is CCCCn1c(C(=O)c2cc(/C=C/C#N)cc(CC)c2)c(C(C)C)c(=O)[nH]c1=O. The fourth-order valence-electron chi connectivity index (χ4n) is 3.32. The Morgan fingerprint density at radius 1 is 1.24 bits per heavy atom. The topological polar surface area (TPSA) is 95.7 Å². The van der Waals surface area contributed by atoms with Crippen molar-refractivity contribution in [1.29, 1.82) is 5.26 Å². The van der Waals surface area contributed by atoms with Crippen LogP contribution in [-0.4, -0.2) is 15.3 Å². The Balaban J connectivity index is 2.77. The highest BCUT2D eigenvalue weighted by Crippen LogP contribution is 2.21. The van der Waals surface area contributed by atoms with Gasteiger partial charge in [-0.15, -0.1) is 0 Å². The van der Waals surface area contributed by atoms with Crippen LogP contribution in [0.1, 0.15) is 79.2 Å². The van der Waals surface area contributed by atoms with Crippen molar-refractivity contribution < 1.29 is 4.79 Å². The molecule has 0 saturated carbocycles. The Morgan fingerprint density at radius 2 is 1.97 bits per heavy atom. The van der Waals surface area contributed by atoms with Gasteiger partial charge >= 0.3 is 5.69 Å². The molecule has 0 aliphatic carbocycles. The number of carbonyl (C=O) groups excluding carboxylic acids is 1. The molecule has 0 atom stereocenters. The van der Waals surface area contributed by atoms with Crippen molar-refractivity contribution >= 4 is 11.9 Å². The summed E-state index contributed by atoms with van der Waals surface area (Å²) in [6.07, 6.45) is 5.28. The third kappa shape index (κ3) is 5.00. The minimum atomic E-state index is -0.563. The maximum atomic E-state index is 13.6. The molecular weight excluding hydrogens is 366 g/mol. The van der Waals surface area contributed by atoms with Gasteiger partial charge in [-0.25, -0.2) is 4.79 Å². The van der Waals surface area contributed by atoms with E-state index in [4.69, 9.17) is 5.26 Å². The van der Waals surface area contributed by atoms with Crippen molar-refractivity contribution in [3.05, 3.63) is 73.1 Å². The van der Waals surface area contributed by atoms with Crippen LogP contribution in [0, 0.1) is 11.3 Å². The maximum absolute atomic E-state index is 13.6. The Hall–Kier alpha value is -3.20. The number of nitrogens with zero attached hydrogens (tertiary/aromatic N) is 2. The minimum Gasteiger partial charge on any atom is -0.290 e. The summed E-state index contributed by atoms with van der Waals surface area (Å²) in [5.41, 5.74) is 1.47. The molecule has 0 radical (unpaired) electrons. The van der Waals surface area contributed by atoms with Crippen molar-refractivity contribution in [2.24, 2.45) is 0 Å². The Morgan fingerprint density at radius 3 is 2.55 bits per heavy atom. The first kappa shape index (κ1) is 22.1. The summed E-state index contributed by atoms with van der Waals surface area (Å²) in [5.74, 6) is -0.576. The number of nitriles is 1. The van der Waals surface area contributed by atoms with Crippen LogP contribution in [0.15, 0.2) is 33.9 Å². The quantitative estimate of drug-likeness (QED) is 0.545. The van der Waals surface area contributed by atoms with Crippen molar-refractivity contribution in [2.75, 3.05) is 0 Å². The molecule has 152 valence electrons. The number of unbranched alkanes of at least 4 members (excludes halogenated alkanes) is 1. The summed E-state index contributed by atoms with van der Waals surface area (Å²) in [5, 5.41) is 8.81. The zero-order valence-corrected chi connectivity index (χ0v) is 17.4. The van der Waals surface area contributed by atoms with E-state index in [9.17, 15) is 14.4 Å². The van der Waals surface area contributed by atoms with Gasteiger partial charge in [0, 0.05) is 23.7 Å². The maximum Gasteiger partial charge on any atom is 0.328 e. The van der Waals surface area contributed by atoms with Crippen LogP contribution in [0.4, 0.5) is 0 Å². The number of nitrogens with one attached hydrogen (secondary N) is 1. The van der Waals surface area contributed by atoms with Crippen molar-refractivity contribution in [2.45, 2.75) is 59.4 Å². The van der Waals surface area contributed by atoms with E-state index in [0.717, 1.165) is 24.0 Å². The molecule has 2 rings (SSSR count). The summed E-state index contributed by atoms with van der Waals surface area (Å²) >= 11 is 0. The minimum absolute atomic E-state index is 0.158. The van der Waals surface area contributed by atoms with E-state index in [1.54, 1.807) is 18.2 Å². The van der Waals surface area contributed by atoms with Crippen molar-refractivity contribution in [3.63, 3.8) is 0 Å². The molecule has 6 nitrogen and oxygen atoms in total. The molecule has 0 aliphatic heterocycles. The Bertz CT molecular complexity index is 1080. The lowest BCUT2D eigenvalue weighted by Crippen LogP contribution is -2.38. The second-order valence-corrected chi connectivity index (χ2v) is 7.29. The lowest BCUT2D eigenvalue weighted by molar-refractivity contribution is 0.102. The fraction of sp³-hybridized carbons (Fsp3) is 0.391. The normalized spacial score (nSPS) is 11.2. The molecular formula is C23H27N3O3. The number of aromatic nitrogens is 2.